The van der Waals surface area contributed by atoms with Crippen molar-refractivity contribution in [3.8, 4) is 0 Å². The van der Waals surface area contributed by atoms with Gasteiger partial charge in [0.25, 0.3) is 5.56 Å². The van der Waals surface area contributed by atoms with Crippen molar-refractivity contribution in [3.05, 3.63) is 86.5 Å². The maximum absolute atomic E-state index is 13.1. The fraction of sp³-hybridized carbons (Fsp3) is 0.167. The predicted molar refractivity (Wildman–Crippen MR) is 136 cm³/mol. The number of nitrogens with one attached hydrogen (secondary N) is 1. The standard InChI is InChI=1S/C24H20ClN3O4S2/c1-2-32-23(31)15-7-9-17(10-8-15)26-20(29)14-34-24-27-19-11-12-33-21(19)22(30)28(24)13-16-5-3-4-6-18(16)25/h3-12H,2,13-14H2,1H3,(H,26,29). The molecule has 0 spiro atoms. The van der Waals surface area contributed by atoms with Crippen molar-refractivity contribution in [1.82, 2.24) is 9.55 Å². The van der Waals surface area contributed by atoms with E-state index in [0.717, 1.165) is 5.56 Å². The van der Waals surface area contributed by atoms with Crippen LogP contribution in [0.1, 0.15) is 22.8 Å². The molecule has 0 radical (unpaired) electrons. The van der Waals surface area contributed by atoms with Crippen LogP contribution in [0.4, 0.5) is 5.69 Å². The topological polar surface area (TPSA) is 90.3 Å². The number of hydrogen-bond acceptors (Lipinski definition) is 7. The summed E-state index contributed by atoms with van der Waals surface area (Å²) in [5.41, 5.74) is 2.18. The number of hydrogen-bond donors (Lipinski definition) is 1. The van der Waals surface area contributed by atoms with Crippen molar-refractivity contribution in [2.75, 3.05) is 17.7 Å². The summed E-state index contributed by atoms with van der Waals surface area (Å²) in [5.74, 6) is -0.635. The van der Waals surface area contributed by atoms with Gasteiger partial charge in [0.1, 0.15) is 4.70 Å². The van der Waals surface area contributed by atoms with E-state index in [4.69, 9.17) is 16.3 Å². The summed E-state index contributed by atoms with van der Waals surface area (Å²) in [6.07, 6.45) is 0. The molecule has 2 aromatic carbocycles. The Morgan fingerprint density at radius 1 is 1.15 bits per heavy atom. The average molecular weight is 514 g/mol. The van der Waals surface area contributed by atoms with Gasteiger partial charge in [0, 0.05) is 10.7 Å². The molecule has 0 aliphatic heterocycles. The Morgan fingerprint density at radius 2 is 1.91 bits per heavy atom. The molecule has 0 saturated carbocycles. The van der Waals surface area contributed by atoms with Gasteiger partial charge in [-0.1, -0.05) is 41.6 Å². The number of amides is 1. The van der Waals surface area contributed by atoms with Crippen LogP contribution in [0.25, 0.3) is 10.2 Å². The van der Waals surface area contributed by atoms with Crippen LogP contribution in [-0.4, -0.2) is 33.8 Å². The number of aromatic nitrogens is 2. The van der Waals surface area contributed by atoms with E-state index < -0.39 is 5.97 Å². The summed E-state index contributed by atoms with van der Waals surface area (Å²) in [7, 11) is 0. The molecule has 34 heavy (non-hydrogen) atoms. The molecule has 0 bridgehead atoms. The zero-order valence-electron chi connectivity index (χ0n) is 18.1. The largest absolute Gasteiger partial charge is 0.462 e. The van der Waals surface area contributed by atoms with Gasteiger partial charge in [-0.25, -0.2) is 9.78 Å². The van der Waals surface area contributed by atoms with Gasteiger partial charge < -0.3 is 10.1 Å². The number of anilines is 1. The van der Waals surface area contributed by atoms with E-state index in [9.17, 15) is 14.4 Å². The van der Waals surface area contributed by atoms with Crippen molar-refractivity contribution in [2.24, 2.45) is 0 Å². The number of esters is 1. The smallest absolute Gasteiger partial charge is 0.338 e. The molecule has 0 atom stereocenters. The lowest BCUT2D eigenvalue weighted by Crippen LogP contribution is -2.24. The maximum atomic E-state index is 13.1. The SMILES string of the molecule is CCOC(=O)c1ccc(NC(=O)CSc2nc3ccsc3c(=O)n2Cc2ccccc2Cl)cc1. The van der Waals surface area contributed by atoms with Gasteiger partial charge in [0.05, 0.1) is 30.0 Å². The van der Waals surface area contributed by atoms with Gasteiger partial charge in [-0.3, -0.25) is 14.2 Å². The molecule has 4 aromatic rings. The molecule has 2 heterocycles. The van der Waals surface area contributed by atoms with Gasteiger partial charge in [-0.2, -0.15) is 0 Å². The van der Waals surface area contributed by atoms with Crippen molar-refractivity contribution in [1.29, 1.82) is 0 Å². The van der Waals surface area contributed by atoms with Gasteiger partial charge in [0.2, 0.25) is 5.91 Å². The molecule has 0 unspecified atom stereocenters. The molecule has 174 valence electrons. The summed E-state index contributed by atoms with van der Waals surface area (Å²) in [4.78, 5) is 42.1. The third-order valence-electron chi connectivity index (χ3n) is 4.83. The normalized spacial score (nSPS) is 10.9. The Labute approximate surface area is 208 Å². The summed E-state index contributed by atoms with van der Waals surface area (Å²) in [6, 6.07) is 15.6. The molecule has 0 aliphatic carbocycles. The summed E-state index contributed by atoms with van der Waals surface area (Å²) in [5, 5.41) is 5.60. The first kappa shape index (κ1) is 24.0. The molecule has 7 nitrogen and oxygen atoms in total. The van der Waals surface area contributed by atoms with E-state index in [1.54, 1.807) is 47.9 Å². The molecule has 0 saturated heterocycles. The second kappa shape index (κ2) is 10.9. The van der Waals surface area contributed by atoms with Crippen molar-refractivity contribution in [3.63, 3.8) is 0 Å². The minimum absolute atomic E-state index is 0.0459. The molecule has 2 aromatic heterocycles. The lowest BCUT2D eigenvalue weighted by molar-refractivity contribution is -0.113. The monoisotopic (exact) mass is 513 g/mol. The van der Waals surface area contributed by atoms with E-state index >= 15 is 0 Å². The van der Waals surface area contributed by atoms with E-state index in [-0.39, 0.29) is 23.8 Å². The number of thiophene rings is 1. The van der Waals surface area contributed by atoms with Crippen LogP contribution in [0.15, 0.2) is 69.9 Å². The second-order valence-electron chi connectivity index (χ2n) is 7.15. The van der Waals surface area contributed by atoms with Crippen molar-refractivity contribution < 1.29 is 14.3 Å². The molecule has 1 amide bonds. The molecule has 0 fully saturated rings. The number of fused-ring (bicyclic) bond motifs is 1. The molecule has 0 aliphatic rings. The lowest BCUT2D eigenvalue weighted by atomic mass is 10.2. The minimum Gasteiger partial charge on any atom is -0.462 e. The first-order valence-corrected chi connectivity index (χ1v) is 12.6. The average Bonchev–Trinajstić information content (AvgIpc) is 3.30. The Hall–Kier alpha value is -3.14. The van der Waals surface area contributed by atoms with E-state index in [0.29, 0.717) is 38.3 Å². The van der Waals surface area contributed by atoms with E-state index in [2.05, 4.69) is 10.3 Å². The summed E-state index contributed by atoms with van der Waals surface area (Å²) < 4.78 is 7.07. The predicted octanol–water partition coefficient (Wildman–Crippen LogP) is 5.07. The quantitative estimate of drug-likeness (QED) is 0.201. The lowest BCUT2D eigenvalue weighted by Gasteiger charge is -2.13. The number of thioether (sulfide) groups is 1. The molecular weight excluding hydrogens is 494 g/mol. The molecular formula is C24H20ClN3O4S2. The second-order valence-corrected chi connectivity index (χ2v) is 9.41. The van der Waals surface area contributed by atoms with Crippen molar-refractivity contribution in [2.45, 2.75) is 18.6 Å². The van der Waals surface area contributed by atoms with Crippen LogP contribution < -0.4 is 10.9 Å². The first-order valence-electron chi connectivity index (χ1n) is 10.4. The number of ether oxygens (including phenoxy) is 1. The summed E-state index contributed by atoms with van der Waals surface area (Å²) in [6.45, 7) is 2.28. The van der Waals surface area contributed by atoms with Crippen LogP contribution in [0.3, 0.4) is 0 Å². The Bertz CT molecular complexity index is 1400. The van der Waals surface area contributed by atoms with Gasteiger partial charge >= 0.3 is 5.97 Å². The van der Waals surface area contributed by atoms with E-state index in [1.165, 1.54) is 23.1 Å². The number of nitrogens with zero attached hydrogens (tertiary/aromatic N) is 2. The fourth-order valence-electron chi connectivity index (χ4n) is 3.20. The minimum atomic E-state index is -0.415. The van der Waals surface area contributed by atoms with E-state index in [1.807, 2.05) is 23.6 Å². The highest BCUT2D eigenvalue weighted by Crippen LogP contribution is 2.24. The molecule has 4 rings (SSSR count). The fourth-order valence-corrected chi connectivity index (χ4v) is 4.97. The highest BCUT2D eigenvalue weighted by atomic mass is 35.5. The highest BCUT2D eigenvalue weighted by molar-refractivity contribution is 7.99. The molecule has 1 N–H and O–H groups in total. The van der Waals surface area contributed by atoms with Crippen LogP contribution in [0.5, 0.6) is 0 Å². The van der Waals surface area contributed by atoms with Gasteiger partial charge in [0.15, 0.2) is 5.16 Å². The first-order chi connectivity index (χ1) is 16.5. The Kier molecular flexibility index (Phi) is 7.66. The van der Waals surface area contributed by atoms with Crippen LogP contribution in [0, 0.1) is 0 Å². The van der Waals surface area contributed by atoms with Crippen LogP contribution in [0.2, 0.25) is 5.02 Å². The molecule has 10 heteroatoms. The maximum Gasteiger partial charge on any atom is 0.338 e. The number of rotatable bonds is 8. The third-order valence-corrected chi connectivity index (χ3v) is 7.07. The van der Waals surface area contributed by atoms with Gasteiger partial charge in [-0.05, 0) is 54.3 Å². The zero-order chi connectivity index (χ0) is 24.1. The summed E-state index contributed by atoms with van der Waals surface area (Å²) >= 11 is 8.82. The number of carbonyl (C=O) groups is 2. The van der Waals surface area contributed by atoms with Crippen LogP contribution >= 0.6 is 34.7 Å². The zero-order valence-corrected chi connectivity index (χ0v) is 20.5. The third kappa shape index (κ3) is 5.49. The van der Waals surface area contributed by atoms with Crippen LogP contribution in [-0.2, 0) is 16.1 Å². The number of carbonyl (C=O) groups excluding carboxylic acids is 2. The number of halogens is 1. The van der Waals surface area contributed by atoms with Gasteiger partial charge in [-0.15, -0.1) is 11.3 Å². The Morgan fingerprint density at radius 3 is 2.65 bits per heavy atom. The highest BCUT2D eigenvalue weighted by Gasteiger charge is 2.16. The van der Waals surface area contributed by atoms with Crippen molar-refractivity contribution >= 4 is 62.5 Å². The number of benzene rings is 2. The Balaban J connectivity index is 1.50.